The van der Waals surface area contributed by atoms with Crippen LogP contribution >= 0.6 is 24.0 Å². The Bertz CT molecular complexity index is 892. The molecule has 1 unspecified atom stereocenters. The largest absolute Gasteiger partial charge is 0.365 e. The highest BCUT2D eigenvalue weighted by atomic mass is 127. The van der Waals surface area contributed by atoms with Gasteiger partial charge in [-0.15, -0.1) is 24.0 Å². The number of nitrogens with zero attached hydrogens (tertiary/aromatic N) is 3. The number of halogens is 3. The molecule has 0 aliphatic carbocycles. The van der Waals surface area contributed by atoms with E-state index in [9.17, 15) is 13.6 Å². The van der Waals surface area contributed by atoms with E-state index in [2.05, 4.69) is 15.6 Å². The van der Waals surface area contributed by atoms with Gasteiger partial charge in [-0.05, 0) is 24.1 Å². The summed E-state index contributed by atoms with van der Waals surface area (Å²) in [6, 6.07) is 13.7. The number of nitrogens with one attached hydrogen (secondary N) is 2. The summed E-state index contributed by atoms with van der Waals surface area (Å²) in [5, 5.41) is 6.42. The van der Waals surface area contributed by atoms with Gasteiger partial charge in [0.1, 0.15) is 17.3 Å². The van der Waals surface area contributed by atoms with Gasteiger partial charge in [-0.3, -0.25) is 9.79 Å². The number of hydrogen-bond acceptors (Lipinski definition) is 3. The minimum atomic E-state index is -0.554. The summed E-state index contributed by atoms with van der Waals surface area (Å²) in [6.45, 7) is 2.03. The van der Waals surface area contributed by atoms with E-state index in [1.807, 2.05) is 30.3 Å². The van der Waals surface area contributed by atoms with Crippen LogP contribution in [0.15, 0.2) is 53.5 Å². The molecule has 1 aliphatic heterocycles. The van der Waals surface area contributed by atoms with Gasteiger partial charge in [0.25, 0.3) is 0 Å². The molecule has 0 radical (unpaired) electrons. The molecule has 1 saturated heterocycles. The lowest BCUT2D eigenvalue weighted by atomic mass is 10.2. The predicted octanol–water partition coefficient (Wildman–Crippen LogP) is 3.38. The molecule has 2 aromatic rings. The molecule has 2 N–H and O–H groups in total. The SMILES string of the molecule is CN=C(NCCC(=O)N(C)Cc1ccccc1)NC1CCN(c2c(F)cccc2F)C1.I. The molecule has 1 amide bonds. The maximum absolute atomic E-state index is 14.0. The molecule has 0 spiro atoms. The quantitative estimate of drug-likeness (QED) is 0.312. The first-order valence-electron chi connectivity index (χ1n) is 10.4. The smallest absolute Gasteiger partial charge is 0.224 e. The van der Waals surface area contributed by atoms with E-state index in [1.165, 1.54) is 18.2 Å². The topological polar surface area (TPSA) is 60.0 Å². The van der Waals surface area contributed by atoms with E-state index in [-0.39, 0.29) is 41.6 Å². The third-order valence-corrected chi connectivity index (χ3v) is 5.33. The molecule has 32 heavy (non-hydrogen) atoms. The molecule has 0 saturated carbocycles. The number of amides is 1. The van der Waals surface area contributed by atoms with E-state index in [0.717, 1.165) is 12.0 Å². The van der Waals surface area contributed by atoms with Crippen molar-refractivity contribution < 1.29 is 13.6 Å². The summed E-state index contributed by atoms with van der Waals surface area (Å²) in [5.74, 6) is -0.504. The number of aliphatic imine (C=N–C) groups is 1. The Hall–Kier alpha value is -2.43. The fraction of sp³-hybridized carbons (Fsp3) is 0.391. The third kappa shape index (κ3) is 7.04. The average molecular weight is 557 g/mol. The first kappa shape index (κ1) is 25.8. The number of para-hydroxylation sites is 1. The van der Waals surface area contributed by atoms with Gasteiger partial charge in [-0.2, -0.15) is 0 Å². The van der Waals surface area contributed by atoms with Crippen molar-refractivity contribution in [2.75, 3.05) is 38.6 Å². The Morgan fingerprint density at radius 3 is 2.50 bits per heavy atom. The second kappa shape index (κ2) is 12.6. The highest BCUT2D eigenvalue weighted by molar-refractivity contribution is 14.0. The summed E-state index contributed by atoms with van der Waals surface area (Å²) in [4.78, 5) is 20.0. The van der Waals surface area contributed by atoms with Crippen LogP contribution in [-0.4, -0.2) is 56.5 Å². The van der Waals surface area contributed by atoms with Crippen LogP contribution in [0.4, 0.5) is 14.5 Å². The lowest BCUT2D eigenvalue weighted by Gasteiger charge is -2.21. The molecule has 1 atom stereocenters. The maximum Gasteiger partial charge on any atom is 0.224 e. The summed E-state index contributed by atoms with van der Waals surface area (Å²) in [7, 11) is 3.44. The molecule has 1 fully saturated rings. The molecule has 9 heteroatoms. The van der Waals surface area contributed by atoms with Gasteiger partial charge < -0.3 is 20.4 Å². The van der Waals surface area contributed by atoms with E-state index >= 15 is 0 Å². The molecular formula is C23H30F2IN5O. The van der Waals surface area contributed by atoms with Crippen LogP contribution < -0.4 is 15.5 Å². The third-order valence-electron chi connectivity index (χ3n) is 5.33. The lowest BCUT2D eigenvalue weighted by molar-refractivity contribution is -0.130. The van der Waals surface area contributed by atoms with Gasteiger partial charge in [-0.1, -0.05) is 36.4 Å². The fourth-order valence-electron chi connectivity index (χ4n) is 3.68. The molecule has 0 aromatic heterocycles. The normalized spacial score (nSPS) is 15.8. The standard InChI is InChI=1S/C23H29F2N5O.HI/c1-26-23(27-13-11-21(31)29(2)15-17-7-4-3-5-8-17)28-18-12-14-30(16-18)22-19(24)9-6-10-20(22)25;/h3-10,18H,11-16H2,1-2H3,(H2,26,27,28);1H. The number of guanidine groups is 1. The second-order valence-electron chi connectivity index (χ2n) is 7.63. The number of anilines is 1. The highest BCUT2D eigenvalue weighted by Gasteiger charge is 2.27. The zero-order chi connectivity index (χ0) is 22.2. The van der Waals surface area contributed by atoms with Crippen molar-refractivity contribution in [2.45, 2.75) is 25.4 Å². The van der Waals surface area contributed by atoms with Crippen molar-refractivity contribution in [3.63, 3.8) is 0 Å². The zero-order valence-electron chi connectivity index (χ0n) is 18.4. The van der Waals surface area contributed by atoms with Crippen molar-refractivity contribution in [1.82, 2.24) is 15.5 Å². The van der Waals surface area contributed by atoms with Crippen LogP contribution in [0.1, 0.15) is 18.4 Å². The van der Waals surface area contributed by atoms with Crippen molar-refractivity contribution in [2.24, 2.45) is 4.99 Å². The number of carbonyl (C=O) groups excluding carboxylic acids is 1. The van der Waals surface area contributed by atoms with E-state index in [1.54, 1.807) is 23.9 Å². The van der Waals surface area contributed by atoms with E-state index in [0.29, 0.717) is 38.6 Å². The molecular weight excluding hydrogens is 527 g/mol. The van der Waals surface area contributed by atoms with Crippen molar-refractivity contribution in [3.05, 3.63) is 65.7 Å². The van der Waals surface area contributed by atoms with Crippen molar-refractivity contribution in [3.8, 4) is 0 Å². The number of carbonyl (C=O) groups is 1. The van der Waals surface area contributed by atoms with Gasteiger partial charge >= 0.3 is 0 Å². The van der Waals surface area contributed by atoms with Crippen LogP contribution in [0.25, 0.3) is 0 Å². The monoisotopic (exact) mass is 557 g/mol. The molecule has 174 valence electrons. The fourth-order valence-corrected chi connectivity index (χ4v) is 3.68. The molecule has 6 nitrogen and oxygen atoms in total. The van der Waals surface area contributed by atoms with E-state index in [4.69, 9.17) is 0 Å². The van der Waals surface area contributed by atoms with Crippen molar-refractivity contribution >= 4 is 41.5 Å². The number of rotatable bonds is 7. The first-order chi connectivity index (χ1) is 15.0. The Balaban J connectivity index is 0.00000363. The van der Waals surface area contributed by atoms with Crippen molar-refractivity contribution in [1.29, 1.82) is 0 Å². The predicted molar refractivity (Wildman–Crippen MR) is 134 cm³/mol. The summed E-state index contributed by atoms with van der Waals surface area (Å²) < 4.78 is 28.1. The van der Waals surface area contributed by atoms with Crippen LogP contribution in [-0.2, 0) is 11.3 Å². The van der Waals surface area contributed by atoms with Gasteiger partial charge in [0, 0.05) is 52.7 Å². The number of hydrogen-bond donors (Lipinski definition) is 2. The second-order valence-corrected chi connectivity index (χ2v) is 7.63. The summed E-state index contributed by atoms with van der Waals surface area (Å²) >= 11 is 0. The number of benzene rings is 2. The first-order valence-corrected chi connectivity index (χ1v) is 10.4. The summed E-state index contributed by atoms with van der Waals surface area (Å²) in [6.07, 6.45) is 1.06. The Morgan fingerprint density at radius 1 is 1.16 bits per heavy atom. The molecule has 0 bridgehead atoms. The summed E-state index contributed by atoms with van der Waals surface area (Å²) in [5.41, 5.74) is 1.10. The zero-order valence-corrected chi connectivity index (χ0v) is 20.7. The minimum Gasteiger partial charge on any atom is -0.365 e. The Labute approximate surface area is 205 Å². The van der Waals surface area contributed by atoms with Crippen LogP contribution in [0.2, 0.25) is 0 Å². The van der Waals surface area contributed by atoms with Gasteiger partial charge in [0.05, 0.1) is 0 Å². The van der Waals surface area contributed by atoms with Gasteiger partial charge in [0.15, 0.2) is 5.96 Å². The van der Waals surface area contributed by atoms with Crippen LogP contribution in [0.5, 0.6) is 0 Å². The molecule has 1 aliphatic rings. The Kier molecular flexibility index (Phi) is 10.1. The maximum atomic E-state index is 14.0. The molecule has 3 rings (SSSR count). The highest BCUT2D eigenvalue weighted by Crippen LogP contribution is 2.26. The van der Waals surface area contributed by atoms with Gasteiger partial charge in [-0.25, -0.2) is 8.78 Å². The van der Waals surface area contributed by atoms with Gasteiger partial charge in [0.2, 0.25) is 5.91 Å². The van der Waals surface area contributed by atoms with E-state index < -0.39 is 11.6 Å². The lowest BCUT2D eigenvalue weighted by Crippen LogP contribution is -2.45. The Morgan fingerprint density at radius 2 is 1.84 bits per heavy atom. The minimum absolute atomic E-state index is 0. The average Bonchev–Trinajstić information content (AvgIpc) is 3.21. The van der Waals surface area contributed by atoms with Crippen LogP contribution in [0.3, 0.4) is 0 Å². The van der Waals surface area contributed by atoms with Crippen LogP contribution in [0, 0.1) is 11.6 Å². The molecule has 2 aromatic carbocycles. The molecule has 1 heterocycles.